The Bertz CT molecular complexity index is 892. The molecule has 0 aromatic heterocycles. The second-order valence-electron chi connectivity index (χ2n) is 6.90. The smallest absolute Gasteiger partial charge is 0.370 e. The number of halogens is 4. The number of rotatable bonds is 6. The molecule has 1 saturated heterocycles. The molecule has 29 heavy (non-hydrogen) atoms. The number of carbonyl (C=O) groups excluding carboxylic acids is 2. The summed E-state index contributed by atoms with van der Waals surface area (Å²) in [5.74, 6) is -0.743. The van der Waals surface area contributed by atoms with Crippen molar-refractivity contribution in [3.8, 4) is 0 Å². The number of amides is 1. The van der Waals surface area contributed by atoms with Crippen molar-refractivity contribution < 1.29 is 22.8 Å². The number of benzene rings is 2. The van der Waals surface area contributed by atoms with E-state index in [1.807, 2.05) is 4.90 Å². The van der Waals surface area contributed by atoms with Crippen LogP contribution in [0.3, 0.4) is 0 Å². The number of hydrogen-bond donors (Lipinski definition) is 1. The molecule has 154 valence electrons. The molecule has 1 aliphatic heterocycles. The van der Waals surface area contributed by atoms with E-state index in [0.717, 1.165) is 38.1 Å². The van der Waals surface area contributed by atoms with Crippen molar-refractivity contribution in [2.75, 3.05) is 23.3 Å². The molecular formula is C21H20ClF3N2O2. The lowest BCUT2D eigenvalue weighted by molar-refractivity contribution is -0.137. The van der Waals surface area contributed by atoms with Crippen LogP contribution < -0.4 is 10.2 Å². The third-order valence-electron chi connectivity index (χ3n) is 4.79. The number of alkyl halides is 3. The van der Waals surface area contributed by atoms with E-state index in [9.17, 15) is 22.8 Å². The van der Waals surface area contributed by atoms with Gasteiger partial charge in [-0.3, -0.25) is 9.59 Å². The minimum absolute atomic E-state index is 0.0501. The summed E-state index contributed by atoms with van der Waals surface area (Å²) in [6.07, 6.45) is -2.79. The summed E-state index contributed by atoms with van der Waals surface area (Å²) in [5, 5.41) is 3.06. The number of anilines is 2. The topological polar surface area (TPSA) is 49.4 Å². The van der Waals surface area contributed by atoms with Gasteiger partial charge < -0.3 is 10.2 Å². The minimum atomic E-state index is -4.51. The van der Waals surface area contributed by atoms with Gasteiger partial charge >= 0.3 is 6.18 Å². The van der Waals surface area contributed by atoms with Crippen LogP contribution in [0, 0.1) is 0 Å². The zero-order valence-electron chi connectivity index (χ0n) is 15.6. The van der Waals surface area contributed by atoms with Crippen LogP contribution >= 0.6 is 11.6 Å². The first-order chi connectivity index (χ1) is 13.7. The highest BCUT2D eigenvalue weighted by atomic mass is 35.5. The highest BCUT2D eigenvalue weighted by Crippen LogP contribution is 2.36. The minimum Gasteiger partial charge on any atom is -0.370 e. The van der Waals surface area contributed by atoms with E-state index < -0.39 is 17.6 Å². The van der Waals surface area contributed by atoms with Crippen LogP contribution in [-0.2, 0) is 11.0 Å². The van der Waals surface area contributed by atoms with Gasteiger partial charge in [-0.1, -0.05) is 11.6 Å². The SMILES string of the molecule is O=C(CCC(=O)c1ccc(Cl)cc1)Nc1cc(C(F)(F)F)ccc1N1CCCC1. The maximum absolute atomic E-state index is 13.1. The Labute approximate surface area is 171 Å². The zero-order valence-corrected chi connectivity index (χ0v) is 16.3. The van der Waals surface area contributed by atoms with Crippen molar-refractivity contribution in [1.82, 2.24) is 0 Å². The lowest BCUT2D eigenvalue weighted by atomic mass is 10.1. The number of hydrogen-bond acceptors (Lipinski definition) is 3. The Hall–Kier alpha value is -2.54. The zero-order chi connectivity index (χ0) is 21.0. The summed E-state index contributed by atoms with van der Waals surface area (Å²) in [6, 6.07) is 9.67. The Morgan fingerprint density at radius 2 is 1.66 bits per heavy atom. The first kappa shape index (κ1) is 21.2. The molecule has 0 aliphatic carbocycles. The van der Waals surface area contributed by atoms with Gasteiger partial charge in [-0.2, -0.15) is 13.2 Å². The molecule has 2 aromatic rings. The summed E-state index contributed by atoms with van der Waals surface area (Å²) in [5.41, 5.74) is 0.283. The van der Waals surface area contributed by atoms with E-state index in [1.54, 1.807) is 24.3 Å². The Morgan fingerprint density at radius 3 is 2.28 bits per heavy atom. The predicted octanol–water partition coefficient (Wildman–Crippen LogP) is 5.56. The fourth-order valence-electron chi connectivity index (χ4n) is 3.27. The van der Waals surface area contributed by atoms with E-state index in [2.05, 4.69) is 5.32 Å². The quantitative estimate of drug-likeness (QED) is 0.617. The summed E-state index contributed by atoms with van der Waals surface area (Å²) in [4.78, 5) is 26.5. The van der Waals surface area contributed by atoms with Gasteiger partial charge in [0.05, 0.1) is 16.9 Å². The molecule has 0 unspecified atom stereocenters. The largest absolute Gasteiger partial charge is 0.416 e. The van der Waals surface area contributed by atoms with Crippen molar-refractivity contribution in [2.45, 2.75) is 31.9 Å². The number of nitrogens with zero attached hydrogens (tertiary/aromatic N) is 1. The average molecular weight is 425 g/mol. The van der Waals surface area contributed by atoms with Crippen molar-refractivity contribution in [2.24, 2.45) is 0 Å². The molecule has 1 amide bonds. The van der Waals surface area contributed by atoms with Crippen molar-refractivity contribution in [3.63, 3.8) is 0 Å². The fourth-order valence-corrected chi connectivity index (χ4v) is 3.39. The first-order valence-electron chi connectivity index (χ1n) is 9.29. The molecule has 4 nitrogen and oxygen atoms in total. The number of carbonyl (C=O) groups is 2. The Balaban J connectivity index is 1.70. The molecular weight excluding hydrogens is 405 g/mol. The van der Waals surface area contributed by atoms with Crippen LogP contribution in [0.15, 0.2) is 42.5 Å². The Kier molecular flexibility index (Phi) is 6.47. The van der Waals surface area contributed by atoms with Crippen LogP contribution in [0.2, 0.25) is 5.02 Å². The highest BCUT2D eigenvalue weighted by molar-refractivity contribution is 6.30. The summed E-state index contributed by atoms with van der Waals surface area (Å²) < 4.78 is 39.3. The van der Waals surface area contributed by atoms with Crippen LogP contribution in [0.5, 0.6) is 0 Å². The maximum Gasteiger partial charge on any atom is 0.416 e. The normalized spacial score (nSPS) is 14.1. The lowest BCUT2D eigenvalue weighted by Gasteiger charge is -2.23. The third kappa shape index (κ3) is 5.50. The number of ketones is 1. The van der Waals surface area contributed by atoms with E-state index in [1.165, 1.54) is 6.07 Å². The van der Waals surface area contributed by atoms with Gasteiger partial charge in [0.15, 0.2) is 5.78 Å². The first-order valence-corrected chi connectivity index (χ1v) is 9.66. The van der Waals surface area contributed by atoms with Gasteiger partial charge in [0.2, 0.25) is 5.91 Å². The van der Waals surface area contributed by atoms with Gasteiger partial charge in [0.25, 0.3) is 0 Å². The van der Waals surface area contributed by atoms with Gasteiger partial charge in [-0.05, 0) is 55.3 Å². The molecule has 1 fully saturated rings. The standard InChI is InChI=1S/C21H20ClF3N2O2/c22-16-6-3-14(4-7-16)19(28)9-10-20(29)26-17-13-15(21(23,24)25)5-8-18(17)27-11-1-2-12-27/h3-8,13H,1-2,9-12H2,(H,26,29). The molecule has 0 atom stereocenters. The van der Waals surface area contributed by atoms with E-state index in [0.29, 0.717) is 16.3 Å². The van der Waals surface area contributed by atoms with Crippen molar-refractivity contribution >= 4 is 34.7 Å². The number of nitrogens with one attached hydrogen (secondary N) is 1. The molecule has 1 heterocycles. The summed E-state index contributed by atoms with van der Waals surface area (Å²) in [6.45, 7) is 1.45. The van der Waals surface area contributed by atoms with Crippen LogP contribution in [0.25, 0.3) is 0 Å². The molecule has 3 rings (SSSR count). The van der Waals surface area contributed by atoms with Crippen LogP contribution in [0.1, 0.15) is 41.6 Å². The van der Waals surface area contributed by atoms with Gasteiger partial charge in [0.1, 0.15) is 0 Å². The predicted molar refractivity (Wildman–Crippen MR) is 107 cm³/mol. The monoisotopic (exact) mass is 424 g/mol. The summed E-state index contributed by atoms with van der Waals surface area (Å²) >= 11 is 5.79. The van der Waals surface area contributed by atoms with Crippen LogP contribution in [0.4, 0.5) is 24.5 Å². The fraction of sp³-hybridized carbons (Fsp3) is 0.333. The maximum atomic E-state index is 13.1. The molecule has 0 bridgehead atoms. The summed E-state index contributed by atoms with van der Waals surface area (Å²) in [7, 11) is 0. The molecule has 0 radical (unpaired) electrons. The van der Waals surface area contributed by atoms with E-state index >= 15 is 0 Å². The molecule has 1 aliphatic rings. The molecule has 2 aromatic carbocycles. The van der Waals surface area contributed by atoms with Gasteiger partial charge in [0, 0.05) is 36.5 Å². The van der Waals surface area contributed by atoms with Crippen LogP contribution in [-0.4, -0.2) is 24.8 Å². The van der Waals surface area contributed by atoms with Crippen molar-refractivity contribution in [3.05, 3.63) is 58.6 Å². The average Bonchev–Trinajstić information content (AvgIpc) is 3.20. The highest BCUT2D eigenvalue weighted by Gasteiger charge is 2.32. The molecule has 0 spiro atoms. The molecule has 0 saturated carbocycles. The number of Topliss-reactive ketones (excluding diaryl/α,β-unsaturated/α-hetero) is 1. The van der Waals surface area contributed by atoms with Crippen molar-refractivity contribution in [1.29, 1.82) is 0 Å². The Morgan fingerprint density at radius 1 is 1.00 bits per heavy atom. The molecule has 8 heteroatoms. The second-order valence-corrected chi connectivity index (χ2v) is 7.34. The lowest BCUT2D eigenvalue weighted by Crippen LogP contribution is -2.22. The van der Waals surface area contributed by atoms with E-state index in [-0.39, 0.29) is 24.3 Å². The second kappa shape index (κ2) is 8.86. The molecule has 1 N–H and O–H groups in total. The van der Waals surface area contributed by atoms with Gasteiger partial charge in [-0.15, -0.1) is 0 Å². The van der Waals surface area contributed by atoms with Gasteiger partial charge in [-0.25, -0.2) is 0 Å². The van der Waals surface area contributed by atoms with E-state index in [4.69, 9.17) is 11.6 Å². The third-order valence-corrected chi connectivity index (χ3v) is 5.04.